The van der Waals surface area contributed by atoms with Gasteiger partial charge < -0.3 is 10.1 Å². The summed E-state index contributed by atoms with van der Waals surface area (Å²) in [4.78, 5) is 12.3. The van der Waals surface area contributed by atoms with Crippen molar-refractivity contribution in [2.45, 2.75) is 26.3 Å². The number of amides is 1. The van der Waals surface area contributed by atoms with E-state index in [9.17, 15) is 4.79 Å². The number of ether oxygens (including phenoxy) is 1. The molecule has 0 fully saturated rings. The molecule has 1 amide bonds. The lowest BCUT2D eigenvalue weighted by atomic mass is 10.1. The van der Waals surface area contributed by atoms with Crippen LogP contribution in [0.15, 0.2) is 67.0 Å². The SMILES string of the molecule is CCOc1ccc([C@H](C)NC(=O)Cc2cnn(-c3ccccc3)c2)cc1. The van der Waals surface area contributed by atoms with E-state index >= 15 is 0 Å². The molecule has 0 spiro atoms. The molecular formula is C21H23N3O2. The fourth-order valence-corrected chi connectivity index (χ4v) is 2.75. The lowest BCUT2D eigenvalue weighted by molar-refractivity contribution is -0.121. The Bertz CT molecular complexity index is 841. The summed E-state index contributed by atoms with van der Waals surface area (Å²) in [6.45, 7) is 4.57. The average Bonchev–Trinajstić information content (AvgIpc) is 3.11. The minimum Gasteiger partial charge on any atom is -0.494 e. The summed E-state index contributed by atoms with van der Waals surface area (Å²) in [5, 5.41) is 7.36. The number of para-hydroxylation sites is 1. The minimum absolute atomic E-state index is 0.0287. The Labute approximate surface area is 153 Å². The van der Waals surface area contributed by atoms with Crippen molar-refractivity contribution in [1.82, 2.24) is 15.1 Å². The number of nitrogens with one attached hydrogen (secondary N) is 1. The van der Waals surface area contributed by atoms with Gasteiger partial charge in [-0.2, -0.15) is 5.10 Å². The number of nitrogens with zero attached hydrogens (tertiary/aromatic N) is 2. The average molecular weight is 349 g/mol. The van der Waals surface area contributed by atoms with Gasteiger partial charge in [-0.3, -0.25) is 4.79 Å². The Balaban J connectivity index is 1.57. The van der Waals surface area contributed by atoms with Crippen molar-refractivity contribution in [2.24, 2.45) is 0 Å². The predicted octanol–water partition coefficient (Wildman–Crippen LogP) is 3.69. The summed E-state index contributed by atoms with van der Waals surface area (Å²) < 4.78 is 7.22. The molecule has 1 aromatic heterocycles. The Morgan fingerprint density at radius 3 is 2.58 bits per heavy atom. The molecule has 0 aliphatic heterocycles. The quantitative estimate of drug-likeness (QED) is 0.708. The highest BCUT2D eigenvalue weighted by atomic mass is 16.5. The molecule has 0 unspecified atom stereocenters. The van der Waals surface area contributed by atoms with Gasteiger partial charge in [0.25, 0.3) is 0 Å². The second-order valence-corrected chi connectivity index (χ2v) is 6.10. The number of rotatable bonds is 7. The lowest BCUT2D eigenvalue weighted by Gasteiger charge is -2.14. The minimum atomic E-state index is -0.0673. The number of carbonyl (C=O) groups excluding carboxylic acids is 1. The molecule has 1 heterocycles. The Hall–Kier alpha value is -3.08. The van der Waals surface area contributed by atoms with Crippen molar-refractivity contribution in [3.63, 3.8) is 0 Å². The molecule has 0 radical (unpaired) electrons. The van der Waals surface area contributed by atoms with Gasteiger partial charge in [0.15, 0.2) is 0 Å². The molecule has 26 heavy (non-hydrogen) atoms. The van der Waals surface area contributed by atoms with Gasteiger partial charge >= 0.3 is 0 Å². The zero-order valence-corrected chi connectivity index (χ0v) is 15.1. The maximum Gasteiger partial charge on any atom is 0.225 e. The van der Waals surface area contributed by atoms with Gasteiger partial charge in [0.05, 0.1) is 31.0 Å². The van der Waals surface area contributed by atoms with E-state index in [1.807, 2.05) is 74.6 Å². The summed E-state index contributed by atoms with van der Waals surface area (Å²) in [6, 6.07) is 17.6. The van der Waals surface area contributed by atoms with Crippen LogP contribution in [-0.2, 0) is 11.2 Å². The molecule has 3 aromatic rings. The highest BCUT2D eigenvalue weighted by Gasteiger charge is 2.11. The molecule has 1 atom stereocenters. The van der Waals surface area contributed by atoms with E-state index < -0.39 is 0 Å². The van der Waals surface area contributed by atoms with Crippen LogP contribution in [0.4, 0.5) is 0 Å². The molecular weight excluding hydrogens is 326 g/mol. The molecule has 5 heteroatoms. The third kappa shape index (κ3) is 4.51. The number of carbonyl (C=O) groups is 1. The third-order valence-corrected chi connectivity index (χ3v) is 4.09. The maximum absolute atomic E-state index is 12.3. The van der Waals surface area contributed by atoms with Gasteiger partial charge in [-0.05, 0) is 49.2 Å². The van der Waals surface area contributed by atoms with Gasteiger partial charge in [0.2, 0.25) is 5.91 Å². The molecule has 1 N–H and O–H groups in total. The monoisotopic (exact) mass is 349 g/mol. The smallest absolute Gasteiger partial charge is 0.225 e. The van der Waals surface area contributed by atoms with Crippen LogP contribution in [0.3, 0.4) is 0 Å². The number of aromatic nitrogens is 2. The Kier molecular flexibility index (Phi) is 5.69. The summed E-state index contributed by atoms with van der Waals surface area (Å²) in [6.07, 6.45) is 3.92. The van der Waals surface area contributed by atoms with Crippen molar-refractivity contribution in [3.8, 4) is 11.4 Å². The summed E-state index contributed by atoms with van der Waals surface area (Å²) in [7, 11) is 0. The number of hydrogen-bond acceptors (Lipinski definition) is 3. The predicted molar refractivity (Wildman–Crippen MR) is 101 cm³/mol. The topological polar surface area (TPSA) is 56.1 Å². The Morgan fingerprint density at radius 1 is 1.15 bits per heavy atom. The van der Waals surface area contributed by atoms with Crippen molar-refractivity contribution < 1.29 is 9.53 Å². The maximum atomic E-state index is 12.3. The molecule has 0 bridgehead atoms. The fraction of sp³-hybridized carbons (Fsp3) is 0.238. The molecule has 0 saturated carbocycles. The van der Waals surface area contributed by atoms with Crippen LogP contribution in [0.2, 0.25) is 0 Å². The van der Waals surface area contributed by atoms with Gasteiger partial charge in [-0.15, -0.1) is 0 Å². The first kappa shape index (κ1) is 17.7. The van der Waals surface area contributed by atoms with E-state index in [2.05, 4.69) is 10.4 Å². The van der Waals surface area contributed by atoms with Crippen LogP contribution in [0.5, 0.6) is 5.75 Å². The molecule has 0 saturated heterocycles. The first-order valence-electron chi connectivity index (χ1n) is 8.77. The summed E-state index contributed by atoms with van der Waals surface area (Å²) in [5.74, 6) is 0.807. The van der Waals surface area contributed by atoms with Crippen molar-refractivity contribution in [3.05, 3.63) is 78.1 Å². The van der Waals surface area contributed by atoms with E-state index in [4.69, 9.17) is 4.74 Å². The Morgan fingerprint density at radius 2 is 1.88 bits per heavy atom. The van der Waals surface area contributed by atoms with Crippen LogP contribution in [0.25, 0.3) is 5.69 Å². The lowest BCUT2D eigenvalue weighted by Crippen LogP contribution is -2.27. The van der Waals surface area contributed by atoms with Gasteiger partial charge in [0.1, 0.15) is 5.75 Å². The zero-order chi connectivity index (χ0) is 18.4. The van der Waals surface area contributed by atoms with Crippen LogP contribution in [0.1, 0.15) is 31.0 Å². The van der Waals surface area contributed by atoms with Crippen molar-refractivity contribution in [2.75, 3.05) is 6.61 Å². The number of hydrogen-bond donors (Lipinski definition) is 1. The normalized spacial score (nSPS) is 11.8. The van der Waals surface area contributed by atoms with Crippen LogP contribution >= 0.6 is 0 Å². The molecule has 3 rings (SSSR count). The van der Waals surface area contributed by atoms with Crippen LogP contribution in [0, 0.1) is 0 Å². The highest BCUT2D eigenvalue weighted by molar-refractivity contribution is 5.78. The van der Waals surface area contributed by atoms with Crippen molar-refractivity contribution >= 4 is 5.91 Å². The summed E-state index contributed by atoms with van der Waals surface area (Å²) in [5.41, 5.74) is 2.90. The largest absolute Gasteiger partial charge is 0.494 e. The molecule has 0 aliphatic carbocycles. The van der Waals surface area contributed by atoms with Gasteiger partial charge in [-0.25, -0.2) is 4.68 Å². The molecule has 0 aliphatic rings. The second kappa shape index (κ2) is 8.34. The molecule has 5 nitrogen and oxygen atoms in total. The van der Waals surface area contributed by atoms with E-state index in [1.54, 1.807) is 10.9 Å². The van der Waals surface area contributed by atoms with Crippen molar-refractivity contribution in [1.29, 1.82) is 0 Å². The molecule has 2 aromatic carbocycles. The number of benzene rings is 2. The summed E-state index contributed by atoms with van der Waals surface area (Å²) >= 11 is 0. The first-order valence-corrected chi connectivity index (χ1v) is 8.77. The van der Waals surface area contributed by atoms with Gasteiger partial charge in [-0.1, -0.05) is 30.3 Å². The van der Waals surface area contributed by atoms with E-state index in [1.165, 1.54) is 0 Å². The third-order valence-electron chi connectivity index (χ3n) is 4.09. The fourth-order valence-electron chi connectivity index (χ4n) is 2.75. The van der Waals surface area contributed by atoms with Gasteiger partial charge in [0, 0.05) is 6.20 Å². The highest BCUT2D eigenvalue weighted by Crippen LogP contribution is 2.18. The second-order valence-electron chi connectivity index (χ2n) is 6.10. The van der Waals surface area contributed by atoms with Crippen LogP contribution in [-0.4, -0.2) is 22.3 Å². The van der Waals surface area contributed by atoms with E-state index in [-0.39, 0.29) is 11.9 Å². The zero-order valence-electron chi connectivity index (χ0n) is 15.1. The standard InChI is InChI=1S/C21H23N3O2/c1-3-26-20-11-9-18(10-12-20)16(2)23-21(25)13-17-14-22-24(15-17)19-7-5-4-6-8-19/h4-12,14-16H,3,13H2,1-2H3,(H,23,25)/t16-/m0/s1. The first-order chi connectivity index (χ1) is 12.7. The molecule has 134 valence electrons. The van der Waals surface area contributed by atoms with E-state index in [0.29, 0.717) is 13.0 Å². The van der Waals surface area contributed by atoms with E-state index in [0.717, 1.165) is 22.6 Å². The van der Waals surface area contributed by atoms with Crippen LogP contribution < -0.4 is 10.1 Å².